The Morgan fingerprint density at radius 3 is 2.38 bits per heavy atom. The topological polar surface area (TPSA) is 128 Å². The number of anilines is 2. The molecule has 5 aromatic rings. The number of rotatable bonds is 10. The molecule has 3 aromatic carbocycles. The van der Waals surface area contributed by atoms with Crippen molar-refractivity contribution in [3.05, 3.63) is 97.2 Å². The number of nitrogens with zero attached hydrogens (tertiary/aromatic N) is 5. The fourth-order valence-electron chi connectivity index (χ4n) is 5.18. The highest BCUT2D eigenvalue weighted by Crippen LogP contribution is 2.37. The lowest BCUT2D eigenvalue weighted by Crippen LogP contribution is -2.60. The van der Waals surface area contributed by atoms with Crippen molar-refractivity contribution >= 4 is 40.1 Å². The van der Waals surface area contributed by atoms with Gasteiger partial charge in [-0.3, -0.25) is 14.6 Å². The Morgan fingerprint density at radius 1 is 0.915 bits per heavy atom. The number of carbonyl (C=O) groups excluding carboxylic acids is 3. The van der Waals surface area contributed by atoms with Gasteiger partial charge in [-0.25, -0.2) is 23.5 Å². The molecule has 1 aliphatic heterocycles. The van der Waals surface area contributed by atoms with Crippen LogP contribution in [-0.2, 0) is 16.1 Å². The second-order valence-electron chi connectivity index (χ2n) is 10.5. The lowest BCUT2D eigenvalue weighted by molar-refractivity contribution is -0.132. The molecule has 0 bridgehead atoms. The highest BCUT2D eigenvalue weighted by atomic mass is 19.1. The van der Waals surface area contributed by atoms with Gasteiger partial charge in [0.25, 0.3) is 0 Å². The standard InChI is InChI=1S/C33H28F2N6O6/c1-45-29-16-23-26(17-30(29)46-2)37-10-9-27(23)47-28-8-5-21(15-25(28)35)38-31(42)24-18-40(14-13-39-12-11-36-19-39)33(44)41(32(24)43)22-6-3-20(34)4-7-22/h3-12,15-17,19,24H,13-14,18H2,1-2H3,(H,38,42). The monoisotopic (exact) mass is 642 g/mol. The SMILES string of the molecule is COc1cc2nccc(Oc3ccc(NC(=O)C4CN(CCn5ccnc5)C(=O)N(c5ccc(F)cc5)C4=O)cc3F)c2cc1OC. The average Bonchev–Trinajstić information content (AvgIpc) is 3.60. The van der Waals surface area contributed by atoms with Crippen LogP contribution in [0.2, 0.25) is 0 Å². The predicted molar refractivity (Wildman–Crippen MR) is 167 cm³/mol. The number of urea groups is 1. The minimum Gasteiger partial charge on any atom is -0.493 e. The van der Waals surface area contributed by atoms with Crippen molar-refractivity contribution in [2.24, 2.45) is 5.92 Å². The number of aromatic nitrogens is 3. The minimum absolute atomic E-state index is 0.0637. The van der Waals surface area contributed by atoms with E-state index in [1.54, 1.807) is 41.5 Å². The lowest BCUT2D eigenvalue weighted by Gasteiger charge is -2.38. The molecule has 0 spiro atoms. The van der Waals surface area contributed by atoms with Crippen LogP contribution < -0.4 is 24.4 Å². The Balaban J connectivity index is 1.22. The third-order valence-corrected chi connectivity index (χ3v) is 7.60. The van der Waals surface area contributed by atoms with Gasteiger partial charge in [0.15, 0.2) is 23.1 Å². The van der Waals surface area contributed by atoms with Crippen molar-refractivity contribution in [1.82, 2.24) is 19.4 Å². The van der Waals surface area contributed by atoms with Crippen molar-refractivity contribution in [2.45, 2.75) is 6.54 Å². The van der Waals surface area contributed by atoms with Gasteiger partial charge in [-0.15, -0.1) is 0 Å². The van der Waals surface area contributed by atoms with Gasteiger partial charge in [-0.2, -0.15) is 0 Å². The fourth-order valence-corrected chi connectivity index (χ4v) is 5.18. The third kappa shape index (κ3) is 6.38. The Bertz CT molecular complexity index is 1950. The zero-order chi connectivity index (χ0) is 33.1. The number of hydrogen-bond donors (Lipinski definition) is 1. The van der Waals surface area contributed by atoms with Crippen LogP contribution >= 0.6 is 0 Å². The number of carbonyl (C=O) groups is 3. The number of halogens is 2. The van der Waals surface area contributed by atoms with E-state index in [-0.39, 0.29) is 30.2 Å². The molecule has 1 atom stereocenters. The van der Waals surface area contributed by atoms with Crippen LogP contribution in [0, 0.1) is 17.6 Å². The zero-order valence-corrected chi connectivity index (χ0v) is 25.2. The number of imide groups is 1. The van der Waals surface area contributed by atoms with Crippen molar-refractivity contribution in [3.63, 3.8) is 0 Å². The second-order valence-corrected chi connectivity index (χ2v) is 10.5. The molecule has 0 radical (unpaired) electrons. The minimum atomic E-state index is -1.34. The zero-order valence-electron chi connectivity index (χ0n) is 25.2. The third-order valence-electron chi connectivity index (χ3n) is 7.60. The van der Waals surface area contributed by atoms with Gasteiger partial charge in [0.05, 0.1) is 31.8 Å². The number of imidazole rings is 1. The molecule has 1 N–H and O–H groups in total. The molecule has 0 saturated carbocycles. The van der Waals surface area contributed by atoms with Crippen LogP contribution in [0.25, 0.3) is 10.9 Å². The van der Waals surface area contributed by atoms with E-state index >= 15 is 4.39 Å². The van der Waals surface area contributed by atoms with Gasteiger partial charge in [0, 0.05) is 61.4 Å². The van der Waals surface area contributed by atoms with Gasteiger partial charge in [-0.05, 0) is 48.5 Å². The summed E-state index contributed by atoms with van der Waals surface area (Å²) in [6, 6.07) is 12.9. The van der Waals surface area contributed by atoms with Crippen LogP contribution in [0.3, 0.4) is 0 Å². The molecule has 12 nitrogen and oxygen atoms in total. The fraction of sp³-hybridized carbons (Fsp3) is 0.182. The molecule has 4 amide bonds. The molecular formula is C33H28F2N6O6. The molecule has 14 heteroatoms. The maximum absolute atomic E-state index is 15.3. The molecular weight excluding hydrogens is 614 g/mol. The Kier molecular flexibility index (Phi) is 8.65. The molecule has 1 unspecified atom stereocenters. The number of methoxy groups -OCH3 is 2. The number of hydrogen-bond acceptors (Lipinski definition) is 8. The summed E-state index contributed by atoms with van der Waals surface area (Å²) >= 11 is 0. The largest absolute Gasteiger partial charge is 0.493 e. The average molecular weight is 643 g/mol. The normalized spacial score (nSPS) is 14.8. The van der Waals surface area contributed by atoms with Gasteiger partial charge in [-0.1, -0.05) is 0 Å². The van der Waals surface area contributed by atoms with Crippen molar-refractivity contribution in [1.29, 1.82) is 0 Å². The first-order chi connectivity index (χ1) is 22.7. The summed E-state index contributed by atoms with van der Waals surface area (Å²) in [5.74, 6) is -3.14. The lowest BCUT2D eigenvalue weighted by atomic mass is 10.0. The van der Waals surface area contributed by atoms with E-state index < -0.39 is 35.4 Å². The Labute approximate surface area is 267 Å². The van der Waals surface area contributed by atoms with E-state index in [2.05, 4.69) is 15.3 Å². The molecule has 2 aromatic heterocycles. The van der Waals surface area contributed by atoms with Gasteiger partial charge < -0.3 is 29.0 Å². The van der Waals surface area contributed by atoms with Crippen molar-refractivity contribution < 1.29 is 37.4 Å². The molecule has 0 aliphatic carbocycles. The van der Waals surface area contributed by atoms with E-state index in [0.717, 1.165) is 23.1 Å². The maximum atomic E-state index is 15.3. The van der Waals surface area contributed by atoms with Crippen LogP contribution in [0.5, 0.6) is 23.0 Å². The first kappa shape index (κ1) is 31.0. The smallest absolute Gasteiger partial charge is 0.331 e. The number of amides is 4. The van der Waals surface area contributed by atoms with Crippen LogP contribution in [0.4, 0.5) is 25.0 Å². The predicted octanol–water partition coefficient (Wildman–Crippen LogP) is 5.24. The molecule has 1 fully saturated rings. The maximum Gasteiger partial charge on any atom is 0.331 e. The summed E-state index contributed by atoms with van der Waals surface area (Å²) < 4.78 is 47.3. The molecule has 47 heavy (non-hydrogen) atoms. The van der Waals surface area contributed by atoms with E-state index in [1.807, 2.05) is 0 Å². The molecule has 3 heterocycles. The molecule has 240 valence electrons. The first-order valence-corrected chi connectivity index (χ1v) is 14.4. The van der Waals surface area contributed by atoms with Crippen molar-refractivity contribution in [2.75, 3.05) is 37.5 Å². The number of ether oxygens (including phenoxy) is 3. The summed E-state index contributed by atoms with van der Waals surface area (Å²) in [5, 5.41) is 3.13. The van der Waals surface area contributed by atoms with Crippen LogP contribution in [0.1, 0.15) is 0 Å². The van der Waals surface area contributed by atoms with Gasteiger partial charge >= 0.3 is 6.03 Å². The van der Waals surface area contributed by atoms with E-state index in [1.165, 1.54) is 49.6 Å². The number of benzene rings is 3. The highest BCUT2D eigenvalue weighted by Gasteiger charge is 2.43. The van der Waals surface area contributed by atoms with Crippen LogP contribution in [-0.4, -0.2) is 64.6 Å². The molecule has 1 aliphatic rings. The quantitative estimate of drug-likeness (QED) is 0.205. The summed E-state index contributed by atoms with van der Waals surface area (Å²) in [6.45, 7) is 0.293. The number of pyridine rings is 1. The van der Waals surface area contributed by atoms with E-state index in [0.29, 0.717) is 34.7 Å². The summed E-state index contributed by atoms with van der Waals surface area (Å²) in [4.78, 5) is 50.9. The Hall–Kier alpha value is -6.05. The van der Waals surface area contributed by atoms with Crippen molar-refractivity contribution in [3.8, 4) is 23.0 Å². The number of nitrogens with one attached hydrogen (secondary N) is 1. The first-order valence-electron chi connectivity index (χ1n) is 14.4. The second kappa shape index (κ2) is 13.1. The van der Waals surface area contributed by atoms with Crippen LogP contribution in [0.15, 0.2) is 85.6 Å². The van der Waals surface area contributed by atoms with Gasteiger partial charge in [0.2, 0.25) is 11.8 Å². The molecule has 1 saturated heterocycles. The number of fused-ring (bicyclic) bond motifs is 1. The summed E-state index contributed by atoms with van der Waals surface area (Å²) in [5.41, 5.74) is 0.710. The Morgan fingerprint density at radius 2 is 1.68 bits per heavy atom. The highest BCUT2D eigenvalue weighted by molar-refractivity contribution is 6.23. The molecule has 6 rings (SSSR count). The van der Waals surface area contributed by atoms with Gasteiger partial charge in [0.1, 0.15) is 17.5 Å². The van der Waals surface area contributed by atoms with E-state index in [4.69, 9.17) is 14.2 Å². The summed E-state index contributed by atoms with van der Waals surface area (Å²) in [7, 11) is 3.00. The summed E-state index contributed by atoms with van der Waals surface area (Å²) in [6.07, 6.45) is 6.39. The van der Waals surface area contributed by atoms with E-state index in [9.17, 15) is 18.8 Å².